The maximum atomic E-state index is 12.6. The first kappa shape index (κ1) is 20.5. The van der Waals surface area contributed by atoms with Crippen molar-refractivity contribution in [3.05, 3.63) is 76.7 Å². The summed E-state index contributed by atoms with van der Waals surface area (Å²) in [7, 11) is 0. The van der Waals surface area contributed by atoms with E-state index in [4.69, 9.17) is 13.9 Å². The van der Waals surface area contributed by atoms with Crippen molar-refractivity contribution in [2.45, 2.75) is 33.4 Å². The van der Waals surface area contributed by atoms with E-state index in [1.54, 1.807) is 24.3 Å². The summed E-state index contributed by atoms with van der Waals surface area (Å²) >= 11 is 0. The lowest BCUT2D eigenvalue weighted by atomic mass is 10.1. The fourth-order valence-corrected chi connectivity index (χ4v) is 3.41. The lowest BCUT2D eigenvalue weighted by molar-refractivity contribution is -0.118. The van der Waals surface area contributed by atoms with E-state index in [9.17, 15) is 9.59 Å². The van der Waals surface area contributed by atoms with Gasteiger partial charge in [0.15, 0.2) is 12.4 Å². The van der Waals surface area contributed by atoms with Crippen molar-refractivity contribution >= 4 is 17.5 Å². The van der Waals surface area contributed by atoms with Gasteiger partial charge in [-0.2, -0.15) is 0 Å². The average Bonchev–Trinajstić information content (AvgIpc) is 3.21. The van der Waals surface area contributed by atoms with Gasteiger partial charge in [0.05, 0.1) is 11.7 Å². The quantitative estimate of drug-likeness (QED) is 0.621. The van der Waals surface area contributed by atoms with E-state index in [1.165, 1.54) is 5.56 Å². The van der Waals surface area contributed by atoms with Crippen molar-refractivity contribution < 1.29 is 23.5 Å². The number of hydrogen-bond donors (Lipinski definition) is 2. The van der Waals surface area contributed by atoms with E-state index in [1.807, 2.05) is 39.0 Å². The van der Waals surface area contributed by atoms with Crippen molar-refractivity contribution in [3.8, 4) is 11.5 Å². The molecule has 3 aromatic rings. The minimum atomic E-state index is -0.330. The van der Waals surface area contributed by atoms with E-state index in [0.29, 0.717) is 17.2 Å². The highest BCUT2D eigenvalue weighted by Crippen LogP contribution is 2.30. The molecule has 0 bridgehead atoms. The summed E-state index contributed by atoms with van der Waals surface area (Å²) in [5.74, 6) is 1.63. The van der Waals surface area contributed by atoms with Gasteiger partial charge in [0.2, 0.25) is 0 Å². The van der Waals surface area contributed by atoms with Crippen LogP contribution in [0.5, 0.6) is 11.5 Å². The van der Waals surface area contributed by atoms with Crippen molar-refractivity contribution in [2.24, 2.45) is 0 Å². The Bertz CT molecular complexity index is 1130. The number of furan rings is 1. The summed E-state index contributed by atoms with van der Waals surface area (Å²) in [6, 6.07) is 14.5. The summed E-state index contributed by atoms with van der Waals surface area (Å²) < 4.78 is 16.8. The molecule has 1 aliphatic heterocycles. The Morgan fingerprint density at radius 1 is 1.16 bits per heavy atom. The van der Waals surface area contributed by atoms with Gasteiger partial charge in [0, 0.05) is 0 Å². The highest BCUT2D eigenvalue weighted by Gasteiger charge is 2.19. The zero-order valence-corrected chi connectivity index (χ0v) is 17.7. The number of amides is 2. The molecule has 160 valence electrons. The van der Waals surface area contributed by atoms with Crippen LogP contribution in [0.25, 0.3) is 0 Å². The molecule has 1 unspecified atom stereocenters. The van der Waals surface area contributed by atoms with Crippen LogP contribution in [0, 0.1) is 13.8 Å². The second-order valence-corrected chi connectivity index (χ2v) is 7.61. The van der Waals surface area contributed by atoms with Crippen molar-refractivity contribution in [1.29, 1.82) is 0 Å². The molecule has 31 heavy (non-hydrogen) atoms. The first-order valence-corrected chi connectivity index (χ1v) is 10.1. The number of benzene rings is 2. The van der Waals surface area contributed by atoms with Gasteiger partial charge in [0.1, 0.15) is 23.9 Å². The first-order valence-electron chi connectivity index (χ1n) is 10.1. The third-order valence-corrected chi connectivity index (χ3v) is 5.07. The molecule has 1 atom stereocenters. The topological polar surface area (TPSA) is 89.8 Å². The highest BCUT2D eigenvalue weighted by molar-refractivity contribution is 5.95. The second kappa shape index (κ2) is 8.55. The van der Waals surface area contributed by atoms with E-state index in [0.717, 1.165) is 16.9 Å². The fraction of sp³-hybridized carbons (Fsp3) is 0.250. The van der Waals surface area contributed by atoms with Gasteiger partial charge in [-0.3, -0.25) is 9.59 Å². The van der Waals surface area contributed by atoms with Crippen LogP contribution in [0.1, 0.15) is 46.0 Å². The molecule has 2 aromatic carbocycles. The molecular weight excluding hydrogens is 396 g/mol. The summed E-state index contributed by atoms with van der Waals surface area (Å²) in [4.78, 5) is 24.1. The number of carbonyl (C=O) groups excluding carboxylic acids is 2. The Kier molecular flexibility index (Phi) is 5.66. The van der Waals surface area contributed by atoms with E-state index in [2.05, 4.69) is 16.7 Å². The summed E-state index contributed by atoms with van der Waals surface area (Å²) in [5.41, 5.74) is 3.65. The number of carbonyl (C=O) groups is 2. The van der Waals surface area contributed by atoms with Crippen LogP contribution >= 0.6 is 0 Å². The van der Waals surface area contributed by atoms with E-state index in [-0.39, 0.29) is 36.8 Å². The normalized spacial score (nSPS) is 13.6. The standard InChI is InChI=1S/C24H24N2O5/c1-14-4-7-20(15(2)10-14)29-12-18-6-9-22(31-18)24(28)25-16(3)17-5-8-21-19(11-17)26-23(27)13-30-21/h4-11,16H,12-13H2,1-3H3,(H,25,28)(H,26,27). The van der Waals surface area contributed by atoms with Crippen LogP contribution < -0.4 is 20.1 Å². The van der Waals surface area contributed by atoms with Crippen LogP contribution in [0.4, 0.5) is 5.69 Å². The number of anilines is 1. The zero-order chi connectivity index (χ0) is 22.0. The molecule has 7 nitrogen and oxygen atoms in total. The number of nitrogens with one attached hydrogen (secondary N) is 2. The number of hydrogen-bond acceptors (Lipinski definition) is 5. The maximum Gasteiger partial charge on any atom is 0.287 e. The smallest absolute Gasteiger partial charge is 0.287 e. The molecule has 0 spiro atoms. The van der Waals surface area contributed by atoms with E-state index < -0.39 is 0 Å². The van der Waals surface area contributed by atoms with Gasteiger partial charge in [0.25, 0.3) is 11.8 Å². The number of rotatable bonds is 6. The van der Waals surface area contributed by atoms with Crippen LogP contribution in [-0.2, 0) is 11.4 Å². The van der Waals surface area contributed by atoms with Gasteiger partial charge < -0.3 is 24.5 Å². The zero-order valence-electron chi connectivity index (χ0n) is 17.7. The number of ether oxygens (including phenoxy) is 2. The predicted molar refractivity (Wildman–Crippen MR) is 115 cm³/mol. The summed E-state index contributed by atoms with van der Waals surface area (Å²) in [6.45, 7) is 6.12. The van der Waals surface area contributed by atoms with Crippen molar-refractivity contribution in [1.82, 2.24) is 5.32 Å². The van der Waals surface area contributed by atoms with Gasteiger partial charge >= 0.3 is 0 Å². The van der Waals surface area contributed by atoms with Crippen LogP contribution in [0.3, 0.4) is 0 Å². The van der Waals surface area contributed by atoms with Crippen LogP contribution in [0.15, 0.2) is 52.9 Å². The van der Waals surface area contributed by atoms with Gasteiger partial charge in [-0.25, -0.2) is 0 Å². The van der Waals surface area contributed by atoms with Crippen LogP contribution in [-0.4, -0.2) is 18.4 Å². The Morgan fingerprint density at radius 2 is 2.00 bits per heavy atom. The summed E-state index contributed by atoms with van der Waals surface area (Å²) in [5, 5.41) is 5.67. The molecule has 2 heterocycles. The Hall–Kier alpha value is -3.74. The molecule has 4 rings (SSSR count). The monoisotopic (exact) mass is 420 g/mol. The van der Waals surface area contributed by atoms with Gasteiger partial charge in [-0.05, 0) is 62.2 Å². The summed E-state index contributed by atoms with van der Waals surface area (Å²) in [6.07, 6.45) is 0. The van der Waals surface area contributed by atoms with Crippen molar-refractivity contribution in [2.75, 3.05) is 11.9 Å². The van der Waals surface area contributed by atoms with Crippen molar-refractivity contribution in [3.63, 3.8) is 0 Å². The first-order chi connectivity index (χ1) is 14.9. The molecule has 7 heteroatoms. The number of fused-ring (bicyclic) bond motifs is 1. The molecule has 1 aliphatic rings. The lowest BCUT2D eigenvalue weighted by Crippen LogP contribution is -2.28. The molecule has 1 aromatic heterocycles. The molecule has 0 fully saturated rings. The second-order valence-electron chi connectivity index (χ2n) is 7.61. The van der Waals surface area contributed by atoms with Crippen LogP contribution in [0.2, 0.25) is 0 Å². The molecule has 2 N–H and O–H groups in total. The molecule has 2 amide bonds. The minimum absolute atomic E-state index is 0.00661. The Labute approximate surface area is 180 Å². The van der Waals surface area contributed by atoms with Gasteiger partial charge in [-0.15, -0.1) is 0 Å². The Balaban J connectivity index is 1.37. The molecule has 0 radical (unpaired) electrons. The molecular formula is C24H24N2O5. The SMILES string of the molecule is Cc1ccc(OCc2ccc(C(=O)NC(C)c3ccc4c(c3)NC(=O)CO4)o2)c(C)c1. The average molecular weight is 420 g/mol. The largest absolute Gasteiger partial charge is 0.485 e. The predicted octanol–water partition coefficient (Wildman–Crippen LogP) is 4.30. The lowest BCUT2D eigenvalue weighted by Gasteiger charge is -2.20. The fourth-order valence-electron chi connectivity index (χ4n) is 3.41. The minimum Gasteiger partial charge on any atom is -0.485 e. The maximum absolute atomic E-state index is 12.6. The molecule has 0 aliphatic carbocycles. The third-order valence-electron chi connectivity index (χ3n) is 5.07. The Morgan fingerprint density at radius 3 is 2.81 bits per heavy atom. The van der Waals surface area contributed by atoms with E-state index >= 15 is 0 Å². The third kappa shape index (κ3) is 4.71. The molecule has 0 saturated carbocycles. The van der Waals surface area contributed by atoms with Gasteiger partial charge in [-0.1, -0.05) is 23.8 Å². The molecule has 0 saturated heterocycles. The number of aryl methyl sites for hydroxylation is 2. The highest BCUT2D eigenvalue weighted by atomic mass is 16.5.